The molecule has 22 heavy (non-hydrogen) atoms. The van der Waals surface area contributed by atoms with Gasteiger partial charge in [0.1, 0.15) is 0 Å². The molecule has 2 amide bonds. The molecule has 0 bridgehead atoms. The molecule has 0 fully saturated rings. The highest BCUT2D eigenvalue weighted by Crippen LogP contribution is 2.14. The molecule has 1 N–H and O–H groups in total. The molecule has 4 heteroatoms. The van der Waals surface area contributed by atoms with Crippen LogP contribution in [-0.2, 0) is 0 Å². The number of hydrogen-bond acceptors (Lipinski definition) is 2. The van der Waals surface area contributed by atoms with E-state index in [1.165, 1.54) is 0 Å². The molecule has 0 unspecified atom stereocenters. The van der Waals surface area contributed by atoms with Crippen molar-refractivity contribution in [2.24, 2.45) is 0 Å². The van der Waals surface area contributed by atoms with Gasteiger partial charge in [0.15, 0.2) is 0 Å². The Kier molecular flexibility index (Phi) is 4.94. The Balaban J connectivity index is 2.15. The molecule has 0 saturated heterocycles. The molecule has 0 aliphatic heterocycles. The lowest BCUT2D eigenvalue weighted by atomic mass is 10.1. The van der Waals surface area contributed by atoms with Crippen molar-refractivity contribution in [2.45, 2.75) is 13.8 Å². The first kappa shape index (κ1) is 15.8. The summed E-state index contributed by atoms with van der Waals surface area (Å²) in [4.78, 5) is 25.9. The van der Waals surface area contributed by atoms with Crippen LogP contribution in [0.3, 0.4) is 0 Å². The second-order valence-electron chi connectivity index (χ2n) is 5.15. The number of nitrogens with zero attached hydrogens (tertiary/aromatic N) is 1. The van der Waals surface area contributed by atoms with Crippen molar-refractivity contribution in [1.82, 2.24) is 4.90 Å². The number of carbonyl (C=O) groups is 2. The summed E-state index contributed by atoms with van der Waals surface area (Å²) in [5.74, 6) is -0.299. The molecule has 0 aliphatic carbocycles. The van der Waals surface area contributed by atoms with E-state index in [2.05, 4.69) is 11.4 Å². The lowest BCUT2D eigenvalue weighted by molar-refractivity contribution is 0.0802. The summed E-state index contributed by atoms with van der Waals surface area (Å²) in [5.41, 5.74) is 2.74. The number of benzene rings is 2. The Morgan fingerprint density at radius 2 is 1.82 bits per heavy atom. The van der Waals surface area contributed by atoms with Crippen molar-refractivity contribution < 1.29 is 9.59 Å². The fraction of sp³-hybridized carbons (Fsp3) is 0.222. The maximum atomic E-state index is 12.2. The first-order valence-corrected chi connectivity index (χ1v) is 7.16. The molecule has 4 nitrogen and oxygen atoms in total. The van der Waals surface area contributed by atoms with Crippen molar-refractivity contribution in [1.29, 1.82) is 0 Å². The van der Waals surface area contributed by atoms with Crippen LogP contribution < -0.4 is 5.32 Å². The lowest BCUT2D eigenvalue weighted by Gasteiger charge is -2.15. The number of rotatable bonds is 4. The van der Waals surface area contributed by atoms with Gasteiger partial charge < -0.3 is 10.2 Å². The van der Waals surface area contributed by atoms with E-state index in [0.29, 0.717) is 23.4 Å². The molecular weight excluding hydrogens is 276 g/mol. The third-order valence-electron chi connectivity index (χ3n) is 3.43. The Bertz CT molecular complexity index is 678. The predicted molar refractivity (Wildman–Crippen MR) is 87.0 cm³/mol. The van der Waals surface area contributed by atoms with Crippen molar-refractivity contribution in [3.05, 3.63) is 65.2 Å². The van der Waals surface area contributed by atoms with Gasteiger partial charge in [-0.05, 0) is 50.2 Å². The van der Waals surface area contributed by atoms with Gasteiger partial charge in [-0.25, -0.2) is 0 Å². The van der Waals surface area contributed by atoms with E-state index in [1.807, 2.05) is 26.0 Å². The van der Waals surface area contributed by atoms with Crippen LogP contribution in [-0.4, -0.2) is 30.3 Å². The van der Waals surface area contributed by atoms with Crippen LogP contribution in [0.5, 0.6) is 0 Å². The van der Waals surface area contributed by atoms with Crippen LogP contribution in [0.15, 0.2) is 42.5 Å². The molecule has 0 aliphatic rings. The monoisotopic (exact) mass is 295 g/mol. The van der Waals surface area contributed by atoms with Crippen molar-refractivity contribution in [2.75, 3.05) is 18.9 Å². The largest absolute Gasteiger partial charge is 0.342 e. The molecule has 2 aromatic rings. The zero-order valence-corrected chi connectivity index (χ0v) is 13.0. The maximum absolute atomic E-state index is 12.2. The Hall–Kier alpha value is -2.62. The smallest absolute Gasteiger partial charge is 0.255 e. The summed E-state index contributed by atoms with van der Waals surface area (Å²) in [6.45, 7) is 4.50. The standard InChI is InChI=1S/C18H19N2O2/c1-4-20(3)18(22)15-6-5-7-16(12-15)19-17(21)14-10-8-13(2)9-11-14/h6-12H,4H2,1-3H3,(H,19,21). The molecule has 1 radical (unpaired) electrons. The van der Waals surface area contributed by atoms with Gasteiger partial charge in [-0.1, -0.05) is 17.7 Å². The zero-order valence-electron chi connectivity index (χ0n) is 13.0. The van der Waals surface area contributed by atoms with Gasteiger partial charge in [-0.2, -0.15) is 0 Å². The summed E-state index contributed by atoms with van der Waals surface area (Å²) < 4.78 is 0. The normalized spacial score (nSPS) is 10.1. The number of anilines is 1. The van der Waals surface area contributed by atoms with Crippen LogP contribution in [0.4, 0.5) is 5.69 Å². The lowest BCUT2D eigenvalue weighted by Crippen LogP contribution is -2.26. The van der Waals surface area contributed by atoms with Crippen molar-refractivity contribution >= 4 is 17.5 Å². The highest BCUT2D eigenvalue weighted by molar-refractivity contribution is 6.05. The molecule has 2 aromatic carbocycles. The summed E-state index contributed by atoms with van der Waals surface area (Å²) in [7, 11) is 1.74. The summed E-state index contributed by atoms with van der Waals surface area (Å²) in [6.07, 6.45) is 0. The van der Waals surface area contributed by atoms with E-state index in [1.54, 1.807) is 42.3 Å². The first-order valence-electron chi connectivity index (χ1n) is 7.16. The topological polar surface area (TPSA) is 49.4 Å². The van der Waals surface area contributed by atoms with Crippen LogP contribution in [0, 0.1) is 13.0 Å². The Morgan fingerprint density at radius 1 is 1.14 bits per heavy atom. The van der Waals surface area contributed by atoms with Crippen LogP contribution in [0.2, 0.25) is 0 Å². The third-order valence-corrected chi connectivity index (χ3v) is 3.43. The van der Waals surface area contributed by atoms with E-state index in [-0.39, 0.29) is 11.8 Å². The fourth-order valence-electron chi connectivity index (χ4n) is 1.94. The second kappa shape index (κ2) is 6.89. The molecule has 0 aromatic heterocycles. The van der Waals surface area contributed by atoms with Crippen LogP contribution in [0.1, 0.15) is 33.2 Å². The van der Waals surface area contributed by atoms with Gasteiger partial charge in [0, 0.05) is 30.4 Å². The minimum absolute atomic E-state index is 0.0924. The maximum Gasteiger partial charge on any atom is 0.255 e. The van der Waals surface area contributed by atoms with Gasteiger partial charge in [0.25, 0.3) is 11.8 Å². The van der Waals surface area contributed by atoms with Gasteiger partial charge in [0.05, 0.1) is 0 Å². The second-order valence-corrected chi connectivity index (χ2v) is 5.15. The SMILES string of the molecule is CCN(C)C(=O)c1c[c]cc(NC(=O)c2ccc(C)cc2)c1. The van der Waals surface area contributed by atoms with E-state index in [4.69, 9.17) is 0 Å². The average Bonchev–Trinajstić information content (AvgIpc) is 2.54. The van der Waals surface area contributed by atoms with Gasteiger partial charge in [0.2, 0.25) is 0 Å². The van der Waals surface area contributed by atoms with Crippen LogP contribution >= 0.6 is 0 Å². The zero-order chi connectivity index (χ0) is 16.1. The van der Waals surface area contributed by atoms with E-state index in [0.717, 1.165) is 5.56 Å². The summed E-state index contributed by atoms with van der Waals surface area (Å²) in [5, 5.41) is 2.79. The minimum Gasteiger partial charge on any atom is -0.342 e. The third kappa shape index (κ3) is 3.73. The molecule has 0 spiro atoms. The first-order chi connectivity index (χ1) is 10.5. The van der Waals surface area contributed by atoms with Crippen molar-refractivity contribution in [3.8, 4) is 0 Å². The summed E-state index contributed by atoms with van der Waals surface area (Å²) >= 11 is 0. The molecule has 2 rings (SSSR count). The van der Waals surface area contributed by atoms with Gasteiger partial charge in [-0.3, -0.25) is 9.59 Å². The number of aryl methyl sites for hydroxylation is 1. The quantitative estimate of drug-likeness (QED) is 0.942. The van der Waals surface area contributed by atoms with E-state index >= 15 is 0 Å². The summed E-state index contributed by atoms with van der Waals surface area (Å²) in [6, 6.07) is 15.1. The highest BCUT2D eigenvalue weighted by Gasteiger charge is 2.12. The number of carbonyl (C=O) groups excluding carboxylic acids is 2. The number of nitrogens with one attached hydrogen (secondary N) is 1. The van der Waals surface area contributed by atoms with E-state index in [9.17, 15) is 9.59 Å². The molecule has 0 atom stereocenters. The molecule has 113 valence electrons. The van der Waals surface area contributed by atoms with Crippen molar-refractivity contribution in [3.63, 3.8) is 0 Å². The molecule has 0 saturated carbocycles. The van der Waals surface area contributed by atoms with E-state index < -0.39 is 0 Å². The fourth-order valence-corrected chi connectivity index (χ4v) is 1.94. The highest BCUT2D eigenvalue weighted by atomic mass is 16.2. The molecular formula is C18H19N2O2. The Labute approximate surface area is 130 Å². The average molecular weight is 295 g/mol. The Morgan fingerprint density at radius 3 is 2.45 bits per heavy atom. The minimum atomic E-state index is -0.207. The molecule has 0 heterocycles. The van der Waals surface area contributed by atoms with Gasteiger partial charge in [-0.15, -0.1) is 0 Å². The predicted octanol–water partition coefficient (Wildman–Crippen LogP) is 3.14. The number of hydrogen-bond donors (Lipinski definition) is 1. The van der Waals surface area contributed by atoms with Crippen LogP contribution in [0.25, 0.3) is 0 Å². The number of amides is 2. The van der Waals surface area contributed by atoms with Gasteiger partial charge >= 0.3 is 0 Å².